The summed E-state index contributed by atoms with van der Waals surface area (Å²) < 4.78 is 17.3. The summed E-state index contributed by atoms with van der Waals surface area (Å²) in [6.45, 7) is 17.0. The van der Waals surface area contributed by atoms with Gasteiger partial charge in [0.15, 0.2) is 0 Å². The molecule has 0 unspecified atom stereocenters. The molecule has 5 nitrogen and oxygen atoms in total. The molecule has 0 bridgehead atoms. The van der Waals surface area contributed by atoms with Crippen LogP contribution < -0.4 is 0 Å². The molecule has 0 amide bonds. The summed E-state index contributed by atoms with van der Waals surface area (Å²) in [6.07, 6.45) is 1.88. The predicted molar refractivity (Wildman–Crippen MR) is 85.8 cm³/mol. The summed E-state index contributed by atoms with van der Waals surface area (Å²) in [6, 6.07) is 0. The van der Waals surface area contributed by atoms with Crippen LogP contribution in [0.4, 0.5) is 0 Å². The van der Waals surface area contributed by atoms with E-state index in [9.17, 15) is 0 Å². The predicted octanol–water partition coefficient (Wildman–Crippen LogP) is 3.66. The summed E-state index contributed by atoms with van der Waals surface area (Å²) >= 11 is 0. The van der Waals surface area contributed by atoms with Gasteiger partial charge in [-0.1, -0.05) is 6.08 Å². The largest absolute Gasteiger partial charge is 0.529 e. The number of rotatable bonds is 10. The molecule has 0 aromatic heterocycles. The lowest BCUT2D eigenvalue weighted by Crippen LogP contribution is -2.45. The van der Waals surface area contributed by atoms with Crippen LogP contribution in [0, 0.1) is 0 Å². The lowest BCUT2D eigenvalue weighted by Gasteiger charge is -2.28. The smallest absolute Gasteiger partial charge is 0.371 e. The molecule has 0 N–H and O–H groups in total. The first-order valence-electron chi connectivity index (χ1n) is 7.59. The maximum absolute atomic E-state index is 5.76. The maximum Gasteiger partial charge on any atom is 0.529 e. The second kappa shape index (κ2) is 9.02. The van der Waals surface area contributed by atoms with Crippen molar-refractivity contribution in [2.45, 2.75) is 66.6 Å². The van der Waals surface area contributed by atoms with Gasteiger partial charge in [-0.2, -0.15) is 0 Å². The molecule has 0 saturated heterocycles. The third kappa shape index (κ3) is 9.39. The lowest BCUT2D eigenvalue weighted by molar-refractivity contribution is -0.386. The molecule has 6 heteroatoms. The van der Waals surface area contributed by atoms with E-state index < -0.39 is 14.4 Å². The standard InChI is InChI=1S/C15H32O5Si/c1-9-16-21(17-10-2,18-11-3)13-12-15(7,8)20-19-14(4,5)6/h12-13H,9-11H2,1-8H3. The molecule has 126 valence electrons. The van der Waals surface area contributed by atoms with Crippen molar-refractivity contribution in [2.24, 2.45) is 0 Å². The molecule has 0 spiro atoms. The normalized spacial score (nSPS) is 14.1. The molecule has 0 aliphatic carbocycles. The Morgan fingerprint density at radius 3 is 1.52 bits per heavy atom. The van der Waals surface area contributed by atoms with Gasteiger partial charge in [-0.25, -0.2) is 9.78 Å². The molecule has 0 aromatic carbocycles. The van der Waals surface area contributed by atoms with Gasteiger partial charge < -0.3 is 13.3 Å². The zero-order chi connectivity index (χ0) is 16.6. The Kier molecular flexibility index (Phi) is 8.92. The van der Waals surface area contributed by atoms with Gasteiger partial charge in [0.25, 0.3) is 0 Å². The first-order valence-corrected chi connectivity index (χ1v) is 9.39. The van der Waals surface area contributed by atoms with Crippen LogP contribution in [0.3, 0.4) is 0 Å². The van der Waals surface area contributed by atoms with Crippen molar-refractivity contribution >= 4 is 8.80 Å². The van der Waals surface area contributed by atoms with Crippen molar-refractivity contribution in [3.05, 3.63) is 11.8 Å². The van der Waals surface area contributed by atoms with E-state index in [0.29, 0.717) is 19.8 Å². The third-order valence-corrected chi connectivity index (χ3v) is 4.88. The fraction of sp³-hybridized carbons (Fsp3) is 0.867. The van der Waals surface area contributed by atoms with Crippen molar-refractivity contribution in [3.8, 4) is 0 Å². The van der Waals surface area contributed by atoms with Crippen LogP contribution in [-0.2, 0) is 23.1 Å². The van der Waals surface area contributed by atoms with E-state index in [1.54, 1.807) is 0 Å². The highest BCUT2D eigenvalue weighted by atomic mass is 28.4. The summed E-state index contributed by atoms with van der Waals surface area (Å²) in [5.41, 5.74) is 0.908. The van der Waals surface area contributed by atoms with Crippen molar-refractivity contribution in [1.82, 2.24) is 0 Å². The quantitative estimate of drug-likeness (QED) is 0.349. The van der Waals surface area contributed by atoms with Crippen LogP contribution in [0.1, 0.15) is 55.4 Å². The zero-order valence-electron chi connectivity index (χ0n) is 14.8. The monoisotopic (exact) mass is 320 g/mol. The van der Waals surface area contributed by atoms with Crippen LogP contribution >= 0.6 is 0 Å². The fourth-order valence-corrected chi connectivity index (χ4v) is 3.79. The maximum atomic E-state index is 5.76. The second-order valence-electron chi connectivity index (χ2n) is 6.12. The van der Waals surface area contributed by atoms with Gasteiger partial charge in [-0.15, -0.1) is 0 Å². The van der Waals surface area contributed by atoms with Gasteiger partial charge in [-0.3, -0.25) is 0 Å². The first-order chi connectivity index (χ1) is 9.60. The minimum absolute atomic E-state index is 0.362. The van der Waals surface area contributed by atoms with Crippen LogP contribution in [-0.4, -0.2) is 39.8 Å². The van der Waals surface area contributed by atoms with Gasteiger partial charge in [-0.05, 0) is 61.1 Å². The van der Waals surface area contributed by atoms with Crippen LogP contribution in [0.5, 0.6) is 0 Å². The van der Waals surface area contributed by atoms with E-state index in [2.05, 4.69) is 0 Å². The number of hydrogen-bond acceptors (Lipinski definition) is 5. The number of hydrogen-bond donors (Lipinski definition) is 0. The van der Waals surface area contributed by atoms with Crippen LogP contribution in [0.15, 0.2) is 11.8 Å². The lowest BCUT2D eigenvalue weighted by atomic mass is 10.1. The zero-order valence-corrected chi connectivity index (χ0v) is 15.8. The highest BCUT2D eigenvalue weighted by molar-refractivity contribution is 6.66. The molecule has 0 aliphatic heterocycles. The van der Waals surface area contributed by atoms with Crippen molar-refractivity contribution in [2.75, 3.05) is 19.8 Å². The highest BCUT2D eigenvalue weighted by Crippen LogP contribution is 2.20. The van der Waals surface area contributed by atoms with E-state index in [-0.39, 0.29) is 5.60 Å². The summed E-state index contributed by atoms with van der Waals surface area (Å²) in [4.78, 5) is 10.9. The van der Waals surface area contributed by atoms with Gasteiger partial charge in [0.2, 0.25) is 0 Å². The van der Waals surface area contributed by atoms with Gasteiger partial charge in [0.1, 0.15) is 5.60 Å². The first kappa shape index (κ1) is 20.8. The third-order valence-electron chi connectivity index (χ3n) is 2.23. The molecular formula is C15H32O5Si. The Bertz CT molecular complexity index is 293. The average molecular weight is 321 g/mol. The Labute approximate surface area is 130 Å². The SMILES string of the molecule is CCO[Si](C=CC(C)(C)OOC(C)(C)C)(OCC)OCC. The van der Waals surface area contributed by atoms with E-state index in [4.69, 9.17) is 23.1 Å². The van der Waals surface area contributed by atoms with E-state index in [0.717, 1.165) is 0 Å². The molecule has 21 heavy (non-hydrogen) atoms. The molecule has 0 fully saturated rings. The Morgan fingerprint density at radius 1 is 0.762 bits per heavy atom. The molecular weight excluding hydrogens is 288 g/mol. The Hall–Kier alpha value is -0.243. The summed E-state index contributed by atoms with van der Waals surface area (Å²) in [5, 5.41) is 0. The average Bonchev–Trinajstić information content (AvgIpc) is 2.35. The molecule has 0 atom stereocenters. The molecule has 0 rings (SSSR count). The Morgan fingerprint density at radius 2 is 1.19 bits per heavy atom. The Balaban J connectivity index is 4.93. The van der Waals surface area contributed by atoms with Crippen LogP contribution in [0.2, 0.25) is 0 Å². The fourth-order valence-electron chi connectivity index (χ4n) is 1.44. The van der Waals surface area contributed by atoms with E-state index in [1.165, 1.54) is 0 Å². The second-order valence-corrected chi connectivity index (χ2v) is 8.52. The summed E-state index contributed by atoms with van der Waals surface area (Å²) in [7, 11) is -2.80. The molecule has 0 radical (unpaired) electrons. The van der Waals surface area contributed by atoms with Gasteiger partial charge in [0, 0.05) is 19.8 Å². The van der Waals surface area contributed by atoms with Crippen LogP contribution in [0.25, 0.3) is 0 Å². The van der Waals surface area contributed by atoms with Gasteiger partial charge in [0.05, 0.1) is 5.60 Å². The summed E-state index contributed by atoms with van der Waals surface area (Å²) in [5.74, 6) is 0. The van der Waals surface area contributed by atoms with E-state index >= 15 is 0 Å². The minimum atomic E-state index is -2.80. The minimum Gasteiger partial charge on any atom is -0.371 e. The van der Waals surface area contributed by atoms with Crippen molar-refractivity contribution in [3.63, 3.8) is 0 Å². The van der Waals surface area contributed by atoms with Gasteiger partial charge >= 0.3 is 8.80 Å². The molecule has 0 aromatic rings. The highest BCUT2D eigenvalue weighted by Gasteiger charge is 2.38. The van der Waals surface area contributed by atoms with E-state index in [1.807, 2.05) is 67.2 Å². The molecule has 0 aliphatic rings. The topological polar surface area (TPSA) is 46.2 Å². The van der Waals surface area contributed by atoms with Crippen molar-refractivity contribution < 1.29 is 23.1 Å². The molecule has 0 heterocycles. The molecule has 0 saturated carbocycles. The van der Waals surface area contributed by atoms with Crippen molar-refractivity contribution in [1.29, 1.82) is 0 Å².